The van der Waals surface area contributed by atoms with Crippen LogP contribution in [-0.2, 0) is 13.1 Å². The van der Waals surface area contributed by atoms with Crippen LogP contribution in [-0.4, -0.2) is 92.9 Å². The normalized spacial score (nSPS) is 18.8. The molecule has 0 atom stereocenters. The van der Waals surface area contributed by atoms with Gasteiger partial charge in [0.05, 0.1) is 12.7 Å². The van der Waals surface area contributed by atoms with E-state index < -0.39 is 0 Å². The molecule has 1 amide bonds. The summed E-state index contributed by atoms with van der Waals surface area (Å²) in [7, 11) is 2.20. The number of nitrogens with zero attached hydrogens (tertiary/aromatic N) is 6. The lowest BCUT2D eigenvalue weighted by Gasteiger charge is -2.36. The van der Waals surface area contributed by atoms with Gasteiger partial charge in [0.25, 0.3) is 5.91 Å². The second kappa shape index (κ2) is 10.4. The van der Waals surface area contributed by atoms with Crippen LogP contribution in [0.15, 0.2) is 36.5 Å². The first-order chi connectivity index (χ1) is 14.7. The summed E-state index contributed by atoms with van der Waals surface area (Å²) in [4.78, 5) is 19.4. The number of rotatable bonds is 7. The molecule has 30 heavy (non-hydrogen) atoms. The van der Waals surface area contributed by atoms with Crippen LogP contribution < -0.4 is 0 Å². The Morgan fingerprint density at radius 1 is 1.13 bits per heavy atom. The molecule has 0 saturated carbocycles. The predicted molar refractivity (Wildman–Crippen MR) is 121 cm³/mol. The second-order valence-electron chi connectivity index (χ2n) is 8.24. The van der Waals surface area contributed by atoms with Crippen molar-refractivity contribution in [2.45, 2.75) is 32.0 Å². The van der Waals surface area contributed by atoms with Gasteiger partial charge in [-0.05, 0) is 38.5 Å². The number of aromatic nitrogens is 3. The Morgan fingerprint density at radius 2 is 1.87 bits per heavy atom. The Bertz CT molecular complexity index is 799. The third-order valence-electron chi connectivity index (χ3n) is 6.17. The van der Waals surface area contributed by atoms with Crippen molar-refractivity contribution in [3.63, 3.8) is 0 Å². The average molecular weight is 429 g/mol. The summed E-state index contributed by atoms with van der Waals surface area (Å²) >= 11 is 1.90. The van der Waals surface area contributed by atoms with Crippen LogP contribution in [0.5, 0.6) is 0 Å². The zero-order valence-electron chi connectivity index (χ0n) is 17.8. The highest BCUT2D eigenvalue weighted by Crippen LogP contribution is 2.18. The molecule has 2 aromatic rings. The zero-order chi connectivity index (χ0) is 20.8. The molecule has 2 aliphatic rings. The smallest absolute Gasteiger partial charge is 0.276 e. The van der Waals surface area contributed by atoms with E-state index in [-0.39, 0.29) is 5.91 Å². The topological polar surface area (TPSA) is 57.5 Å². The maximum Gasteiger partial charge on any atom is 0.276 e. The molecular weight excluding hydrogens is 396 g/mol. The lowest BCUT2D eigenvalue weighted by molar-refractivity contribution is 0.0766. The number of likely N-dealkylation sites (N-methyl/N-ethyl adjacent to an activating group) is 1. The van der Waals surface area contributed by atoms with Crippen molar-refractivity contribution >= 4 is 17.7 Å². The highest BCUT2D eigenvalue weighted by atomic mass is 32.2. The predicted octanol–water partition coefficient (Wildman–Crippen LogP) is 2.06. The second-order valence-corrected chi connectivity index (χ2v) is 9.47. The van der Waals surface area contributed by atoms with Crippen LogP contribution in [0.25, 0.3) is 0 Å². The van der Waals surface area contributed by atoms with Gasteiger partial charge >= 0.3 is 0 Å². The minimum atomic E-state index is 0.0145. The van der Waals surface area contributed by atoms with Crippen molar-refractivity contribution in [1.29, 1.82) is 0 Å². The van der Waals surface area contributed by atoms with Crippen molar-refractivity contribution < 1.29 is 4.79 Å². The number of likely N-dealkylation sites (tertiary alicyclic amines) is 1. The van der Waals surface area contributed by atoms with Crippen LogP contribution in [0.4, 0.5) is 0 Å². The summed E-state index contributed by atoms with van der Waals surface area (Å²) in [5.74, 6) is 2.03. The summed E-state index contributed by atoms with van der Waals surface area (Å²) in [6, 6.07) is 11.3. The molecule has 7 nitrogen and oxygen atoms in total. The number of carbonyl (C=O) groups excluding carboxylic acids is 1. The highest BCUT2D eigenvalue weighted by molar-refractivity contribution is 7.99. The van der Waals surface area contributed by atoms with Gasteiger partial charge in [0.2, 0.25) is 0 Å². The van der Waals surface area contributed by atoms with Crippen molar-refractivity contribution in [3.8, 4) is 0 Å². The maximum atomic E-state index is 12.5. The Labute approximate surface area is 183 Å². The van der Waals surface area contributed by atoms with Crippen LogP contribution in [0.1, 0.15) is 28.9 Å². The third kappa shape index (κ3) is 5.62. The molecule has 2 fully saturated rings. The standard InChI is InChI=1S/C22H32N6OS/c1-25(20-7-9-26(10-8-20)17-19-5-3-2-4-6-19)11-12-28-18-21(23-24-28)22(29)27-13-15-30-16-14-27/h2-6,18,20H,7-17H2,1H3. The van der Waals surface area contributed by atoms with E-state index in [1.807, 2.05) is 21.3 Å². The molecule has 0 bridgehead atoms. The number of hydrogen-bond donors (Lipinski definition) is 0. The first kappa shape index (κ1) is 21.3. The minimum Gasteiger partial charge on any atom is -0.336 e. The van der Waals surface area contributed by atoms with Crippen molar-refractivity contribution in [2.24, 2.45) is 0 Å². The summed E-state index contributed by atoms with van der Waals surface area (Å²) in [6.07, 6.45) is 4.19. The number of amides is 1. The van der Waals surface area contributed by atoms with E-state index in [0.717, 1.165) is 57.3 Å². The van der Waals surface area contributed by atoms with Crippen molar-refractivity contribution in [3.05, 3.63) is 47.8 Å². The molecule has 3 heterocycles. The van der Waals surface area contributed by atoms with Gasteiger partial charge in [-0.1, -0.05) is 35.5 Å². The lowest BCUT2D eigenvalue weighted by Crippen LogP contribution is -2.43. The molecule has 0 unspecified atom stereocenters. The van der Waals surface area contributed by atoms with Gasteiger partial charge in [0.15, 0.2) is 5.69 Å². The van der Waals surface area contributed by atoms with Gasteiger partial charge in [0.1, 0.15) is 0 Å². The molecular formula is C22H32N6OS. The molecule has 8 heteroatoms. The van der Waals surface area contributed by atoms with Gasteiger partial charge in [-0.25, -0.2) is 0 Å². The third-order valence-corrected chi connectivity index (χ3v) is 7.11. The fourth-order valence-electron chi connectivity index (χ4n) is 4.24. The number of piperidine rings is 1. The molecule has 1 aromatic carbocycles. The van der Waals surface area contributed by atoms with E-state index in [4.69, 9.17) is 0 Å². The molecule has 0 radical (unpaired) electrons. The van der Waals surface area contributed by atoms with Crippen LogP contribution in [0.3, 0.4) is 0 Å². The SMILES string of the molecule is CN(CCn1cc(C(=O)N2CCSCC2)nn1)C1CCN(Cc2ccccc2)CC1. The fraction of sp³-hybridized carbons (Fsp3) is 0.591. The number of benzene rings is 1. The summed E-state index contributed by atoms with van der Waals surface area (Å²) in [5.41, 5.74) is 1.86. The Kier molecular flexibility index (Phi) is 7.41. The number of hydrogen-bond acceptors (Lipinski definition) is 6. The molecule has 4 rings (SSSR count). The van der Waals surface area contributed by atoms with E-state index in [2.05, 4.69) is 57.5 Å². The van der Waals surface area contributed by atoms with Crippen molar-refractivity contribution in [1.82, 2.24) is 29.7 Å². The first-order valence-corrected chi connectivity index (χ1v) is 12.1. The first-order valence-electron chi connectivity index (χ1n) is 10.9. The summed E-state index contributed by atoms with van der Waals surface area (Å²) < 4.78 is 1.81. The van der Waals surface area contributed by atoms with E-state index in [1.165, 1.54) is 18.4 Å². The van der Waals surface area contributed by atoms with Gasteiger partial charge in [-0.2, -0.15) is 11.8 Å². The average Bonchev–Trinajstić information content (AvgIpc) is 3.28. The Balaban J connectivity index is 1.20. The summed E-state index contributed by atoms with van der Waals surface area (Å²) in [6.45, 7) is 6.62. The minimum absolute atomic E-state index is 0.0145. The van der Waals surface area contributed by atoms with E-state index in [1.54, 1.807) is 6.20 Å². The molecule has 162 valence electrons. The van der Waals surface area contributed by atoms with Gasteiger partial charge in [-0.3, -0.25) is 14.4 Å². The van der Waals surface area contributed by atoms with Crippen LogP contribution in [0, 0.1) is 0 Å². The molecule has 0 spiro atoms. The van der Waals surface area contributed by atoms with Gasteiger partial charge in [-0.15, -0.1) is 5.10 Å². The zero-order valence-corrected chi connectivity index (χ0v) is 18.6. The molecule has 1 aromatic heterocycles. The van der Waals surface area contributed by atoms with E-state index in [0.29, 0.717) is 11.7 Å². The lowest BCUT2D eigenvalue weighted by atomic mass is 10.0. The maximum absolute atomic E-state index is 12.5. The van der Waals surface area contributed by atoms with Gasteiger partial charge < -0.3 is 9.80 Å². The summed E-state index contributed by atoms with van der Waals surface area (Å²) in [5, 5.41) is 8.31. The fourth-order valence-corrected chi connectivity index (χ4v) is 5.14. The molecule has 2 saturated heterocycles. The number of carbonyl (C=O) groups is 1. The largest absolute Gasteiger partial charge is 0.336 e. The van der Waals surface area contributed by atoms with Gasteiger partial charge in [0, 0.05) is 43.7 Å². The Morgan fingerprint density at radius 3 is 2.60 bits per heavy atom. The van der Waals surface area contributed by atoms with Crippen LogP contribution in [0.2, 0.25) is 0 Å². The van der Waals surface area contributed by atoms with Crippen LogP contribution >= 0.6 is 11.8 Å². The van der Waals surface area contributed by atoms with Crippen molar-refractivity contribution in [2.75, 3.05) is 51.3 Å². The monoisotopic (exact) mass is 428 g/mol. The molecule has 2 aliphatic heterocycles. The van der Waals surface area contributed by atoms with E-state index >= 15 is 0 Å². The number of thioether (sulfide) groups is 1. The molecule has 0 N–H and O–H groups in total. The van der Waals surface area contributed by atoms with E-state index in [9.17, 15) is 4.79 Å². The molecule has 0 aliphatic carbocycles. The highest BCUT2D eigenvalue weighted by Gasteiger charge is 2.23. The quantitative estimate of drug-likeness (QED) is 0.673. The Hall–Kier alpha value is -1.90.